The van der Waals surface area contributed by atoms with Gasteiger partial charge in [-0.1, -0.05) is 48.5 Å². The molecule has 0 aromatic heterocycles. The second-order valence-electron chi connectivity index (χ2n) is 6.21. The summed E-state index contributed by atoms with van der Waals surface area (Å²) in [6.45, 7) is 5.63. The molecule has 5 heteroatoms. The molecule has 0 aliphatic carbocycles. The van der Waals surface area contributed by atoms with E-state index < -0.39 is 0 Å². The summed E-state index contributed by atoms with van der Waals surface area (Å²) in [6.07, 6.45) is 0.903. The molecule has 5 nitrogen and oxygen atoms in total. The Kier molecular flexibility index (Phi) is 8.36. The highest BCUT2D eigenvalue weighted by molar-refractivity contribution is 5.84. The maximum Gasteiger partial charge on any atom is 0.242 e. The molecule has 0 fully saturated rings. The van der Waals surface area contributed by atoms with Crippen LogP contribution >= 0.6 is 0 Å². The van der Waals surface area contributed by atoms with Crippen molar-refractivity contribution in [1.82, 2.24) is 10.2 Å². The minimum absolute atomic E-state index is 0.0205. The fourth-order valence-corrected chi connectivity index (χ4v) is 2.81. The van der Waals surface area contributed by atoms with Crippen LogP contribution in [0.5, 0.6) is 5.75 Å². The number of hydrogen-bond acceptors (Lipinski definition) is 3. The highest BCUT2D eigenvalue weighted by Crippen LogP contribution is 2.19. The fraction of sp³-hybridized carbons (Fsp3) is 0.364. The number of aryl methyl sites for hydroxylation is 1. The van der Waals surface area contributed by atoms with Gasteiger partial charge in [0.25, 0.3) is 0 Å². The molecule has 0 bridgehead atoms. The number of ether oxygens (including phenoxy) is 1. The van der Waals surface area contributed by atoms with Crippen LogP contribution in [0.2, 0.25) is 0 Å². The monoisotopic (exact) mass is 368 g/mol. The molecule has 0 spiro atoms. The van der Waals surface area contributed by atoms with Gasteiger partial charge in [0.15, 0.2) is 0 Å². The first-order chi connectivity index (χ1) is 13.1. The second-order valence-corrected chi connectivity index (χ2v) is 6.21. The Morgan fingerprint density at radius 2 is 1.70 bits per heavy atom. The number of hydrogen-bond donors (Lipinski definition) is 1. The quantitative estimate of drug-likeness (QED) is 0.701. The first kappa shape index (κ1) is 20.5. The maximum absolute atomic E-state index is 12.4. The van der Waals surface area contributed by atoms with Crippen molar-refractivity contribution >= 4 is 11.8 Å². The Labute approximate surface area is 161 Å². The van der Waals surface area contributed by atoms with Crippen LogP contribution in [0, 0.1) is 0 Å². The summed E-state index contributed by atoms with van der Waals surface area (Å²) in [6, 6.07) is 17.6. The smallest absolute Gasteiger partial charge is 0.242 e. The normalized spacial score (nSPS) is 10.3. The Morgan fingerprint density at radius 1 is 1.00 bits per heavy atom. The van der Waals surface area contributed by atoms with Crippen molar-refractivity contribution < 1.29 is 14.3 Å². The SMILES string of the molecule is CCOc1ccccc1CCC(=O)NCC(=O)N(CC)Cc1ccccc1. The molecule has 144 valence electrons. The highest BCUT2D eigenvalue weighted by atomic mass is 16.5. The van der Waals surface area contributed by atoms with E-state index in [0.29, 0.717) is 32.5 Å². The first-order valence-corrected chi connectivity index (χ1v) is 9.43. The number of carbonyl (C=O) groups excluding carboxylic acids is 2. The van der Waals surface area contributed by atoms with Crippen molar-refractivity contribution in [2.75, 3.05) is 19.7 Å². The Hall–Kier alpha value is -2.82. The lowest BCUT2D eigenvalue weighted by molar-refractivity contribution is -0.133. The van der Waals surface area contributed by atoms with E-state index in [0.717, 1.165) is 16.9 Å². The molecule has 0 saturated heterocycles. The van der Waals surface area contributed by atoms with Crippen molar-refractivity contribution in [2.45, 2.75) is 33.2 Å². The molecule has 0 aliphatic rings. The Balaban J connectivity index is 1.79. The molecule has 1 N–H and O–H groups in total. The Morgan fingerprint density at radius 3 is 2.41 bits per heavy atom. The molecule has 0 heterocycles. The molecule has 0 radical (unpaired) electrons. The largest absolute Gasteiger partial charge is 0.494 e. The molecular formula is C22H28N2O3. The van der Waals surface area contributed by atoms with Crippen LogP contribution in [-0.4, -0.2) is 36.4 Å². The highest BCUT2D eigenvalue weighted by Gasteiger charge is 2.14. The van der Waals surface area contributed by atoms with Gasteiger partial charge < -0.3 is 15.0 Å². The molecule has 2 rings (SSSR count). The maximum atomic E-state index is 12.4. The molecule has 0 unspecified atom stereocenters. The third-order valence-electron chi connectivity index (χ3n) is 4.28. The second kappa shape index (κ2) is 11.0. The number of para-hydroxylation sites is 1. The van der Waals surface area contributed by atoms with Crippen molar-refractivity contribution in [3.05, 3.63) is 65.7 Å². The number of nitrogens with zero attached hydrogens (tertiary/aromatic N) is 1. The van der Waals surface area contributed by atoms with Crippen molar-refractivity contribution in [3.8, 4) is 5.75 Å². The molecule has 0 saturated carbocycles. The topological polar surface area (TPSA) is 58.6 Å². The van der Waals surface area contributed by atoms with Crippen LogP contribution in [-0.2, 0) is 22.6 Å². The van der Waals surface area contributed by atoms with Crippen LogP contribution in [0.1, 0.15) is 31.4 Å². The lowest BCUT2D eigenvalue weighted by atomic mass is 10.1. The third kappa shape index (κ3) is 6.77. The van der Waals surface area contributed by atoms with Gasteiger partial charge in [0.2, 0.25) is 11.8 Å². The fourth-order valence-electron chi connectivity index (χ4n) is 2.81. The number of rotatable bonds is 10. The van der Waals surface area contributed by atoms with Gasteiger partial charge in [-0.05, 0) is 37.5 Å². The van der Waals surface area contributed by atoms with Gasteiger partial charge in [-0.2, -0.15) is 0 Å². The van der Waals surface area contributed by atoms with Crippen LogP contribution < -0.4 is 10.1 Å². The molecular weight excluding hydrogens is 340 g/mol. The van der Waals surface area contributed by atoms with Gasteiger partial charge in [-0.3, -0.25) is 9.59 Å². The van der Waals surface area contributed by atoms with E-state index >= 15 is 0 Å². The number of likely N-dealkylation sites (N-methyl/N-ethyl adjacent to an activating group) is 1. The molecule has 27 heavy (non-hydrogen) atoms. The number of benzene rings is 2. The van der Waals surface area contributed by atoms with Crippen molar-refractivity contribution in [1.29, 1.82) is 0 Å². The minimum Gasteiger partial charge on any atom is -0.494 e. The van der Waals surface area contributed by atoms with E-state index in [1.54, 1.807) is 4.90 Å². The molecule has 0 aliphatic heterocycles. The van der Waals surface area contributed by atoms with Gasteiger partial charge >= 0.3 is 0 Å². The number of carbonyl (C=O) groups is 2. The van der Waals surface area contributed by atoms with Gasteiger partial charge in [-0.25, -0.2) is 0 Å². The summed E-state index contributed by atoms with van der Waals surface area (Å²) >= 11 is 0. The van der Waals surface area contributed by atoms with Crippen LogP contribution in [0.4, 0.5) is 0 Å². The number of nitrogens with one attached hydrogen (secondary N) is 1. The van der Waals surface area contributed by atoms with Gasteiger partial charge in [0, 0.05) is 19.5 Å². The minimum atomic E-state index is -0.134. The average molecular weight is 368 g/mol. The molecule has 0 atom stereocenters. The zero-order valence-corrected chi connectivity index (χ0v) is 16.1. The number of amides is 2. The van der Waals surface area contributed by atoms with E-state index in [4.69, 9.17) is 4.74 Å². The van der Waals surface area contributed by atoms with E-state index in [1.807, 2.05) is 68.4 Å². The van der Waals surface area contributed by atoms with Gasteiger partial charge in [0.1, 0.15) is 5.75 Å². The Bertz CT molecular complexity index is 731. The average Bonchev–Trinajstić information content (AvgIpc) is 2.70. The summed E-state index contributed by atoms with van der Waals surface area (Å²) < 4.78 is 5.58. The molecule has 2 amide bonds. The lowest BCUT2D eigenvalue weighted by Gasteiger charge is -2.21. The summed E-state index contributed by atoms with van der Waals surface area (Å²) in [5.74, 6) is 0.596. The molecule has 2 aromatic carbocycles. The third-order valence-corrected chi connectivity index (χ3v) is 4.28. The van der Waals surface area contributed by atoms with E-state index in [-0.39, 0.29) is 18.4 Å². The van der Waals surface area contributed by atoms with Gasteiger partial charge in [0.05, 0.1) is 13.2 Å². The lowest BCUT2D eigenvalue weighted by Crippen LogP contribution is -2.39. The summed E-state index contributed by atoms with van der Waals surface area (Å²) in [7, 11) is 0. The first-order valence-electron chi connectivity index (χ1n) is 9.43. The summed E-state index contributed by atoms with van der Waals surface area (Å²) in [4.78, 5) is 26.3. The van der Waals surface area contributed by atoms with Crippen LogP contribution in [0.25, 0.3) is 0 Å². The molecule has 2 aromatic rings. The van der Waals surface area contributed by atoms with Gasteiger partial charge in [-0.15, -0.1) is 0 Å². The summed E-state index contributed by atoms with van der Waals surface area (Å²) in [5, 5.41) is 2.73. The summed E-state index contributed by atoms with van der Waals surface area (Å²) in [5.41, 5.74) is 2.08. The van der Waals surface area contributed by atoms with E-state index in [1.165, 1.54) is 0 Å². The van der Waals surface area contributed by atoms with Crippen molar-refractivity contribution in [2.24, 2.45) is 0 Å². The van der Waals surface area contributed by atoms with E-state index in [2.05, 4.69) is 5.32 Å². The zero-order valence-electron chi connectivity index (χ0n) is 16.1. The standard InChI is InChI=1S/C22H28N2O3/c1-3-24(17-18-10-6-5-7-11-18)22(26)16-23-21(25)15-14-19-12-8-9-13-20(19)27-4-2/h5-13H,3-4,14-17H2,1-2H3,(H,23,25). The predicted octanol–water partition coefficient (Wildman–Crippen LogP) is 3.18. The van der Waals surface area contributed by atoms with Crippen molar-refractivity contribution in [3.63, 3.8) is 0 Å². The van der Waals surface area contributed by atoms with Crippen LogP contribution in [0.3, 0.4) is 0 Å². The van der Waals surface area contributed by atoms with E-state index in [9.17, 15) is 9.59 Å². The zero-order chi connectivity index (χ0) is 19.5. The van der Waals surface area contributed by atoms with Crippen LogP contribution in [0.15, 0.2) is 54.6 Å². The predicted molar refractivity (Wildman–Crippen MR) is 106 cm³/mol.